The first-order valence-corrected chi connectivity index (χ1v) is 6.90. The first-order valence-electron chi connectivity index (χ1n) is 6.02. The molecule has 2 atom stereocenters. The monoisotopic (exact) mass is 258 g/mol. The van der Waals surface area contributed by atoms with Gasteiger partial charge in [-0.05, 0) is 24.8 Å². The lowest BCUT2D eigenvalue weighted by atomic mass is 10.1. The van der Waals surface area contributed by atoms with E-state index >= 15 is 0 Å². The van der Waals surface area contributed by atoms with Crippen LogP contribution in [-0.2, 0) is 4.79 Å². The lowest BCUT2D eigenvalue weighted by Gasteiger charge is -2.01. The standard InChI is InChI=1S/C14H14N2OS/c1-9-8-18-14(15-9)16-13(17)12-7-11(12)10-5-3-2-4-6-10/h2-6,8,11-12H,7H2,1H3,(H,15,16,17). The number of benzene rings is 1. The molecule has 1 aliphatic rings. The molecule has 2 unspecified atom stereocenters. The molecule has 3 rings (SSSR count). The van der Waals surface area contributed by atoms with E-state index in [9.17, 15) is 4.79 Å². The second-order valence-electron chi connectivity index (χ2n) is 4.64. The van der Waals surface area contributed by atoms with E-state index in [0.717, 1.165) is 12.1 Å². The number of aryl methyl sites for hydroxylation is 1. The number of anilines is 1. The molecule has 1 fully saturated rings. The van der Waals surface area contributed by atoms with Crippen LogP contribution in [0.4, 0.5) is 5.13 Å². The van der Waals surface area contributed by atoms with Gasteiger partial charge in [0.2, 0.25) is 5.91 Å². The molecule has 92 valence electrons. The maximum atomic E-state index is 12.0. The number of carbonyl (C=O) groups is 1. The van der Waals surface area contributed by atoms with Crippen LogP contribution < -0.4 is 5.32 Å². The van der Waals surface area contributed by atoms with Crippen LogP contribution in [0.3, 0.4) is 0 Å². The summed E-state index contributed by atoms with van der Waals surface area (Å²) in [5, 5.41) is 5.54. The Bertz CT molecular complexity index is 564. The molecule has 1 aromatic carbocycles. The van der Waals surface area contributed by atoms with Crippen LogP contribution >= 0.6 is 11.3 Å². The predicted molar refractivity (Wildman–Crippen MR) is 72.8 cm³/mol. The normalized spacial score (nSPS) is 21.6. The highest BCUT2D eigenvalue weighted by Crippen LogP contribution is 2.47. The third kappa shape index (κ3) is 2.29. The van der Waals surface area contributed by atoms with Crippen molar-refractivity contribution in [3.05, 3.63) is 47.0 Å². The van der Waals surface area contributed by atoms with Crippen molar-refractivity contribution in [1.29, 1.82) is 0 Å². The largest absolute Gasteiger partial charge is 0.302 e. The fraction of sp³-hybridized carbons (Fsp3) is 0.286. The summed E-state index contributed by atoms with van der Waals surface area (Å²) in [5.41, 5.74) is 2.21. The van der Waals surface area contributed by atoms with Gasteiger partial charge < -0.3 is 5.32 Å². The van der Waals surface area contributed by atoms with E-state index in [1.54, 1.807) is 0 Å². The summed E-state index contributed by atoms with van der Waals surface area (Å²) in [6.07, 6.45) is 0.945. The minimum Gasteiger partial charge on any atom is -0.302 e. The number of amides is 1. The number of aromatic nitrogens is 1. The second-order valence-corrected chi connectivity index (χ2v) is 5.50. The van der Waals surface area contributed by atoms with Gasteiger partial charge in [0.1, 0.15) is 0 Å². The van der Waals surface area contributed by atoms with E-state index in [-0.39, 0.29) is 11.8 Å². The quantitative estimate of drug-likeness (QED) is 0.918. The summed E-state index contributed by atoms with van der Waals surface area (Å²) < 4.78 is 0. The van der Waals surface area contributed by atoms with Gasteiger partial charge in [-0.3, -0.25) is 4.79 Å². The fourth-order valence-electron chi connectivity index (χ4n) is 2.16. The first-order chi connectivity index (χ1) is 8.74. The molecule has 0 spiro atoms. The summed E-state index contributed by atoms with van der Waals surface area (Å²) in [5.74, 6) is 0.585. The van der Waals surface area contributed by atoms with E-state index in [4.69, 9.17) is 0 Å². The van der Waals surface area contributed by atoms with Gasteiger partial charge in [0, 0.05) is 11.3 Å². The molecule has 1 saturated carbocycles. The zero-order valence-corrected chi connectivity index (χ0v) is 10.9. The molecular weight excluding hydrogens is 244 g/mol. The van der Waals surface area contributed by atoms with Crippen LogP contribution in [0.1, 0.15) is 23.6 Å². The highest BCUT2D eigenvalue weighted by molar-refractivity contribution is 7.13. The van der Waals surface area contributed by atoms with E-state index < -0.39 is 0 Å². The Hall–Kier alpha value is -1.68. The van der Waals surface area contributed by atoms with Gasteiger partial charge in [-0.25, -0.2) is 4.98 Å². The predicted octanol–water partition coefficient (Wildman–Crippen LogP) is 3.19. The molecule has 0 aliphatic heterocycles. The summed E-state index contributed by atoms with van der Waals surface area (Å²) in [4.78, 5) is 16.3. The number of hydrogen-bond acceptors (Lipinski definition) is 3. The number of nitrogens with one attached hydrogen (secondary N) is 1. The van der Waals surface area contributed by atoms with Gasteiger partial charge in [-0.2, -0.15) is 0 Å². The van der Waals surface area contributed by atoms with Crippen LogP contribution in [0, 0.1) is 12.8 Å². The minimum atomic E-state index is 0.0956. The van der Waals surface area contributed by atoms with E-state index in [1.165, 1.54) is 16.9 Å². The Morgan fingerprint density at radius 2 is 2.17 bits per heavy atom. The van der Waals surface area contributed by atoms with Crippen LogP contribution in [0.2, 0.25) is 0 Å². The summed E-state index contributed by atoms with van der Waals surface area (Å²) in [6, 6.07) is 10.2. The zero-order chi connectivity index (χ0) is 12.5. The maximum Gasteiger partial charge on any atom is 0.229 e. The maximum absolute atomic E-state index is 12.0. The molecule has 1 N–H and O–H groups in total. The molecule has 0 saturated heterocycles. The van der Waals surface area contributed by atoms with Crippen LogP contribution in [0.5, 0.6) is 0 Å². The Morgan fingerprint density at radius 3 is 2.83 bits per heavy atom. The molecular formula is C14H14N2OS. The van der Waals surface area contributed by atoms with Gasteiger partial charge in [0.15, 0.2) is 5.13 Å². The Kier molecular flexibility index (Phi) is 2.88. The van der Waals surface area contributed by atoms with Gasteiger partial charge in [-0.1, -0.05) is 30.3 Å². The molecule has 0 radical (unpaired) electrons. The van der Waals surface area contributed by atoms with E-state index in [2.05, 4.69) is 22.4 Å². The lowest BCUT2D eigenvalue weighted by Crippen LogP contribution is -2.14. The molecule has 1 heterocycles. The molecule has 1 aliphatic carbocycles. The van der Waals surface area contributed by atoms with Crippen molar-refractivity contribution in [2.75, 3.05) is 5.32 Å². The molecule has 1 amide bonds. The van der Waals surface area contributed by atoms with Crippen LogP contribution in [0.15, 0.2) is 35.7 Å². The average molecular weight is 258 g/mol. The van der Waals surface area contributed by atoms with Crippen LogP contribution in [0.25, 0.3) is 0 Å². The zero-order valence-electron chi connectivity index (χ0n) is 10.1. The Balaban J connectivity index is 1.63. The third-order valence-corrected chi connectivity index (χ3v) is 4.08. The van der Waals surface area contributed by atoms with Crippen LogP contribution in [-0.4, -0.2) is 10.9 Å². The van der Waals surface area contributed by atoms with Gasteiger partial charge >= 0.3 is 0 Å². The fourth-order valence-corrected chi connectivity index (χ4v) is 2.85. The minimum absolute atomic E-state index is 0.0956. The third-order valence-electron chi connectivity index (χ3n) is 3.20. The number of nitrogens with zero attached hydrogens (tertiary/aromatic N) is 1. The summed E-state index contributed by atoms with van der Waals surface area (Å²) in [6.45, 7) is 1.93. The molecule has 0 bridgehead atoms. The van der Waals surface area contributed by atoms with Crippen molar-refractivity contribution in [3.63, 3.8) is 0 Å². The van der Waals surface area contributed by atoms with Crippen molar-refractivity contribution in [3.8, 4) is 0 Å². The number of carbonyl (C=O) groups excluding carboxylic acids is 1. The molecule has 2 aromatic rings. The van der Waals surface area contributed by atoms with E-state index in [0.29, 0.717) is 11.0 Å². The molecule has 4 heteroatoms. The Labute approximate surface area is 110 Å². The van der Waals surface area contributed by atoms with Gasteiger partial charge in [-0.15, -0.1) is 11.3 Å². The number of hydrogen-bond donors (Lipinski definition) is 1. The lowest BCUT2D eigenvalue weighted by molar-refractivity contribution is -0.117. The molecule has 1 aromatic heterocycles. The SMILES string of the molecule is Cc1csc(NC(=O)C2CC2c2ccccc2)n1. The number of rotatable bonds is 3. The summed E-state index contributed by atoms with van der Waals surface area (Å²) >= 11 is 1.48. The smallest absolute Gasteiger partial charge is 0.229 e. The van der Waals surface area contributed by atoms with Gasteiger partial charge in [0.05, 0.1) is 5.69 Å². The van der Waals surface area contributed by atoms with E-state index in [1.807, 2.05) is 30.5 Å². The summed E-state index contributed by atoms with van der Waals surface area (Å²) in [7, 11) is 0. The molecule has 3 nitrogen and oxygen atoms in total. The highest BCUT2D eigenvalue weighted by Gasteiger charge is 2.43. The van der Waals surface area contributed by atoms with Crippen molar-refractivity contribution < 1.29 is 4.79 Å². The van der Waals surface area contributed by atoms with Crippen molar-refractivity contribution in [2.24, 2.45) is 5.92 Å². The average Bonchev–Trinajstić information content (AvgIpc) is 3.09. The Morgan fingerprint density at radius 1 is 1.39 bits per heavy atom. The van der Waals surface area contributed by atoms with Crippen molar-refractivity contribution in [2.45, 2.75) is 19.3 Å². The van der Waals surface area contributed by atoms with Crippen molar-refractivity contribution >= 4 is 22.4 Å². The highest BCUT2D eigenvalue weighted by atomic mass is 32.1. The topological polar surface area (TPSA) is 42.0 Å². The second kappa shape index (κ2) is 4.53. The van der Waals surface area contributed by atoms with Crippen molar-refractivity contribution in [1.82, 2.24) is 4.98 Å². The number of thiazole rings is 1. The first kappa shape index (κ1) is 11.4. The molecule has 18 heavy (non-hydrogen) atoms. The van der Waals surface area contributed by atoms with Gasteiger partial charge in [0.25, 0.3) is 0 Å².